The fourth-order valence-electron chi connectivity index (χ4n) is 3.49. The highest BCUT2D eigenvalue weighted by atomic mass is 19.1. The SMILES string of the molecule is CC(C)NC(=O)C(c1ccc(O)cc1)N(C(=O)CCC(=O)Nc1ccccn1)c1ccccc1F. The van der Waals surface area contributed by atoms with E-state index in [0.29, 0.717) is 11.4 Å². The standard InChI is InChI=1S/C26H27FN4O4/c1-17(2)29-26(35)25(18-10-12-19(32)13-11-18)31(21-8-4-3-7-20(21)27)24(34)15-14-23(33)30-22-9-5-6-16-28-22/h3-13,16-17,25,32H,14-15H2,1-2H3,(H,29,35)(H,28,30,33). The summed E-state index contributed by atoms with van der Waals surface area (Å²) in [6.45, 7) is 3.53. The first kappa shape index (κ1) is 25.4. The molecule has 2 aromatic carbocycles. The van der Waals surface area contributed by atoms with Crippen LogP contribution < -0.4 is 15.5 Å². The third kappa shape index (κ3) is 6.86. The smallest absolute Gasteiger partial charge is 0.248 e. The number of amides is 3. The summed E-state index contributed by atoms with van der Waals surface area (Å²) in [5.41, 5.74) is 0.273. The molecule has 0 bridgehead atoms. The number of phenols is 1. The predicted molar refractivity (Wildman–Crippen MR) is 130 cm³/mol. The number of benzene rings is 2. The Labute approximate surface area is 202 Å². The summed E-state index contributed by atoms with van der Waals surface area (Å²) in [5.74, 6) is -1.97. The number of pyridine rings is 1. The quantitative estimate of drug-likeness (QED) is 0.431. The third-order valence-electron chi connectivity index (χ3n) is 5.03. The van der Waals surface area contributed by atoms with Crippen LogP contribution >= 0.6 is 0 Å². The Balaban J connectivity index is 1.94. The highest BCUT2D eigenvalue weighted by Gasteiger charge is 2.34. The van der Waals surface area contributed by atoms with Crippen molar-refractivity contribution in [3.05, 3.63) is 84.3 Å². The van der Waals surface area contributed by atoms with Crippen molar-refractivity contribution < 1.29 is 23.9 Å². The Kier molecular flexibility index (Phi) is 8.50. The van der Waals surface area contributed by atoms with Gasteiger partial charge >= 0.3 is 0 Å². The predicted octanol–water partition coefficient (Wildman–Crippen LogP) is 3.94. The maximum atomic E-state index is 14.9. The van der Waals surface area contributed by atoms with Gasteiger partial charge in [-0.05, 0) is 55.8 Å². The Hall–Kier alpha value is -4.27. The van der Waals surface area contributed by atoms with Crippen molar-refractivity contribution in [1.82, 2.24) is 10.3 Å². The van der Waals surface area contributed by atoms with Crippen LogP contribution in [0.4, 0.5) is 15.9 Å². The van der Waals surface area contributed by atoms with E-state index in [0.717, 1.165) is 4.90 Å². The number of carbonyl (C=O) groups excluding carboxylic acids is 3. The van der Waals surface area contributed by atoms with Gasteiger partial charge in [0.15, 0.2) is 0 Å². The highest BCUT2D eigenvalue weighted by Crippen LogP contribution is 2.31. The first-order chi connectivity index (χ1) is 16.8. The molecule has 0 saturated heterocycles. The average Bonchev–Trinajstić information content (AvgIpc) is 2.82. The van der Waals surface area contributed by atoms with E-state index in [1.807, 2.05) is 0 Å². The van der Waals surface area contributed by atoms with Gasteiger partial charge in [-0.3, -0.25) is 19.3 Å². The second-order valence-electron chi connectivity index (χ2n) is 8.14. The lowest BCUT2D eigenvalue weighted by Crippen LogP contribution is -2.46. The summed E-state index contributed by atoms with van der Waals surface area (Å²) in [6.07, 6.45) is 1.04. The number of aromatic hydroxyl groups is 1. The number of halogens is 1. The summed E-state index contributed by atoms with van der Waals surface area (Å²) < 4.78 is 14.9. The molecule has 1 heterocycles. The second kappa shape index (κ2) is 11.7. The number of nitrogens with zero attached hydrogens (tertiary/aromatic N) is 2. The molecule has 0 spiro atoms. The zero-order valence-corrected chi connectivity index (χ0v) is 19.4. The van der Waals surface area contributed by atoms with E-state index in [4.69, 9.17) is 0 Å². The number of aromatic nitrogens is 1. The minimum atomic E-state index is -1.23. The van der Waals surface area contributed by atoms with Gasteiger partial charge in [0.1, 0.15) is 23.4 Å². The minimum absolute atomic E-state index is 0.0215. The van der Waals surface area contributed by atoms with E-state index in [9.17, 15) is 23.9 Å². The molecule has 3 aromatic rings. The summed E-state index contributed by atoms with van der Waals surface area (Å²) in [5, 5.41) is 15.1. The van der Waals surface area contributed by atoms with Crippen molar-refractivity contribution in [3.63, 3.8) is 0 Å². The molecule has 182 valence electrons. The molecule has 0 fully saturated rings. The Morgan fingerprint density at radius 3 is 2.29 bits per heavy atom. The number of anilines is 2. The normalized spacial score (nSPS) is 11.5. The van der Waals surface area contributed by atoms with Crippen LogP contribution in [0, 0.1) is 5.82 Å². The molecule has 8 nitrogen and oxygen atoms in total. The van der Waals surface area contributed by atoms with Gasteiger partial charge < -0.3 is 15.7 Å². The number of hydrogen-bond donors (Lipinski definition) is 3. The van der Waals surface area contributed by atoms with Gasteiger partial charge in [0.25, 0.3) is 0 Å². The lowest BCUT2D eigenvalue weighted by Gasteiger charge is -2.32. The summed E-state index contributed by atoms with van der Waals surface area (Å²) in [4.78, 5) is 44.2. The van der Waals surface area contributed by atoms with E-state index in [1.165, 1.54) is 48.7 Å². The molecule has 1 atom stereocenters. The Bertz CT molecular complexity index is 1170. The number of nitrogens with one attached hydrogen (secondary N) is 2. The zero-order chi connectivity index (χ0) is 25.4. The highest BCUT2D eigenvalue weighted by molar-refractivity contribution is 6.03. The molecular formula is C26H27FN4O4. The number of phenolic OH excluding ortho intramolecular Hbond substituents is 1. The molecule has 0 aliphatic carbocycles. The molecule has 9 heteroatoms. The minimum Gasteiger partial charge on any atom is -0.508 e. The van der Waals surface area contributed by atoms with Gasteiger partial charge in [-0.1, -0.05) is 30.3 Å². The zero-order valence-electron chi connectivity index (χ0n) is 19.4. The molecule has 0 saturated carbocycles. The number of rotatable bonds is 9. The van der Waals surface area contributed by atoms with Crippen LogP contribution in [-0.4, -0.2) is 33.9 Å². The van der Waals surface area contributed by atoms with Crippen molar-refractivity contribution in [2.45, 2.75) is 38.8 Å². The lowest BCUT2D eigenvalue weighted by molar-refractivity contribution is -0.127. The number of para-hydroxylation sites is 1. The molecule has 1 aromatic heterocycles. The van der Waals surface area contributed by atoms with Crippen LogP contribution in [0.2, 0.25) is 0 Å². The number of carbonyl (C=O) groups is 3. The van der Waals surface area contributed by atoms with Crippen LogP contribution in [0.25, 0.3) is 0 Å². The van der Waals surface area contributed by atoms with Crippen molar-refractivity contribution in [2.75, 3.05) is 10.2 Å². The molecule has 0 radical (unpaired) electrons. The van der Waals surface area contributed by atoms with Gasteiger partial charge in [0.05, 0.1) is 5.69 Å². The van der Waals surface area contributed by atoms with E-state index in [1.54, 1.807) is 38.1 Å². The molecule has 0 aliphatic heterocycles. The summed E-state index contributed by atoms with van der Waals surface area (Å²) >= 11 is 0. The number of hydrogen-bond acceptors (Lipinski definition) is 5. The van der Waals surface area contributed by atoms with Gasteiger partial charge in [-0.15, -0.1) is 0 Å². The average molecular weight is 479 g/mol. The molecule has 1 unspecified atom stereocenters. The third-order valence-corrected chi connectivity index (χ3v) is 5.03. The molecule has 35 heavy (non-hydrogen) atoms. The van der Waals surface area contributed by atoms with Gasteiger partial charge in [0, 0.05) is 25.1 Å². The second-order valence-corrected chi connectivity index (χ2v) is 8.14. The Morgan fingerprint density at radius 2 is 1.66 bits per heavy atom. The van der Waals surface area contributed by atoms with Crippen LogP contribution in [0.5, 0.6) is 5.75 Å². The van der Waals surface area contributed by atoms with E-state index in [2.05, 4.69) is 15.6 Å². The first-order valence-corrected chi connectivity index (χ1v) is 11.1. The molecule has 3 rings (SSSR count). The van der Waals surface area contributed by atoms with Crippen molar-refractivity contribution in [1.29, 1.82) is 0 Å². The molecule has 3 amide bonds. The van der Waals surface area contributed by atoms with E-state index >= 15 is 0 Å². The molecule has 0 aliphatic rings. The van der Waals surface area contributed by atoms with Gasteiger partial charge in [0.2, 0.25) is 17.7 Å². The molecule has 3 N–H and O–H groups in total. The van der Waals surface area contributed by atoms with Crippen molar-refractivity contribution in [3.8, 4) is 5.75 Å². The summed E-state index contributed by atoms with van der Waals surface area (Å²) in [6, 6.07) is 14.9. The van der Waals surface area contributed by atoms with Crippen LogP contribution in [0.15, 0.2) is 72.9 Å². The van der Waals surface area contributed by atoms with Crippen LogP contribution in [-0.2, 0) is 14.4 Å². The fraction of sp³-hybridized carbons (Fsp3) is 0.231. The van der Waals surface area contributed by atoms with Gasteiger partial charge in [-0.25, -0.2) is 9.37 Å². The fourth-order valence-corrected chi connectivity index (χ4v) is 3.49. The van der Waals surface area contributed by atoms with Crippen LogP contribution in [0.1, 0.15) is 38.3 Å². The van der Waals surface area contributed by atoms with E-state index in [-0.39, 0.29) is 30.3 Å². The maximum absolute atomic E-state index is 14.9. The summed E-state index contributed by atoms with van der Waals surface area (Å²) in [7, 11) is 0. The lowest BCUT2D eigenvalue weighted by atomic mass is 10.0. The van der Waals surface area contributed by atoms with Crippen molar-refractivity contribution in [2.24, 2.45) is 0 Å². The first-order valence-electron chi connectivity index (χ1n) is 11.1. The largest absolute Gasteiger partial charge is 0.508 e. The monoisotopic (exact) mass is 478 g/mol. The molecular weight excluding hydrogens is 451 g/mol. The van der Waals surface area contributed by atoms with Crippen LogP contribution in [0.3, 0.4) is 0 Å². The van der Waals surface area contributed by atoms with Gasteiger partial charge in [-0.2, -0.15) is 0 Å². The Morgan fingerprint density at radius 1 is 0.971 bits per heavy atom. The van der Waals surface area contributed by atoms with E-state index < -0.39 is 29.6 Å². The van der Waals surface area contributed by atoms with Crippen molar-refractivity contribution >= 4 is 29.2 Å². The maximum Gasteiger partial charge on any atom is 0.248 e. The topological polar surface area (TPSA) is 112 Å².